The van der Waals surface area contributed by atoms with Crippen molar-refractivity contribution in [2.45, 2.75) is 31.6 Å². The number of nitrogens with zero attached hydrogens (tertiary/aromatic N) is 2. The lowest BCUT2D eigenvalue weighted by Crippen LogP contribution is -2.10. The lowest BCUT2D eigenvalue weighted by Gasteiger charge is -2.14. The van der Waals surface area contributed by atoms with Crippen LogP contribution in [0.4, 0.5) is 4.39 Å². The Morgan fingerprint density at radius 3 is 2.57 bits per heavy atom. The van der Waals surface area contributed by atoms with Crippen LogP contribution >= 0.6 is 11.3 Å². The monoisotopic (exact) mass is 387 g/mol. The van der Waals surface area contributed by atoms with Crippen LogP contribution in [0.15, 0.2) is 60.7 Å². The van der Waals surface area contributed by atoms with Crippen LogP contribution in [0.25, 0.3) is 20.9 Å². The zero-order valence-corrected chi connectivity index (χ0v) is 16.5. The molecule has 2 heterocycles. The molecule has 4 heteroatoms. The first-order valence-electron chi connectivity index (χ1n) is 9.60. The topological polar surface area (TPSA) is 25.8 Å². The van der Waals surface area contributed by atoms with E-state index in [2.05, 4.69) is 35.3 Å². The molecule has 2 nitrogen and oxygen atoms in total. The summed E-state index contributed by atoms with van der Waals surface area (Å²) in [4.78, 5) is 10.5. The molecule has 1 saturated carbocycles. The van der Waals surface area contributed by atoms with Crippen LogP contribution < -0.4 is 0 Å². The second-order valence-corrected chi connectivity index (χ2v) is 8.39. The van der Waals surface area contributed by atoms with Gasteiger partial charge in [-0.05, 0) is 61.1 Å². The summed E-state index contributed by atoms with van der Waals surface area (Å²) in [6.07, 6.45) is 5.03. The van der Waals surface area contributed by atoms with E-state index in [0.29, 0.717) is 10.6 Å². The molecule has 1 aliphatic rings. The maximum atomic E-state index is 14.6. The minimum absolute atomic E-state index is 0.0309. The van der Waals surface area contributed by atoms with Crippen molar-refractivity contribution in [3.8, 4) is 10.6 Å². The molecule has 0 aliphatic heterocycles. The summed E-state index contributed by atoms with van der Waals surface area (Å²) in [6.45, 7) is 1.98. The van der Waals surface area contributed by atoms with Gasteiger partial charge in [0, 0.05) is 11.0 Å². The van der Waals surface area contributed by atoms with Gasteiger partial charge in [-0.3, -0.25) is 0 Å². The number of fused-ring (bicyclic) bond motifs is 1. The van der Waals surface area contributed by atoms with E-state index in [4.69, 9.17) is 4.98 Å². The summed E-state index contributed by atoms with van der Waals surface area (Å²) in [6, 6.07) is 20.1. The highest BCUT2D eigenvalue weighted by Crippen LogP contribution is 2.53. The smallest absolute Gasteiger partial charge is 0.144 e. The zero-order chi connectivity index (χ0) is 19.1. The molecule has 0 N–H and O–H groups in total. The standard InChI is InChI=1S/C24H20FN2S/c1-2-6-16-9-10-18(19(25)15-16)22-26-20-11-12-21(27-23(20)28-22)24(13-14-24)17-7-4-3-5-8-17/h2-5,7-12,15H,6,13-14H2,1H3. The van der Waals surface area contributed by atoms with Gasteiger partial charge in [-0.25, -0.2) is 14.4 Å². The maximum absolute atomic E-state index is 14.6. The maximum Gasteiger partial charge on any atom is 0.144 e. The number of benzene rings is 2. The SMILES string of the molecule is C[CH]Cc1ccc(-c2nc3ccc(C4(c5ccccc5)CC4)nc3s2)c(F)c1. The third-order valence-electron chi connectivity index (χ3n) is 5.53. The summed E-state index contributed by atoms with van der Waals surface area (Å²) in [5, 5.41) is 0.689. The fourth-order valence-electron chi connectivity index (χ4n) is 3.87. The van der Waals surface area contributed by atoms with Crippen LogP contribution in [0.1, 0.15) is 36.6 Å². The summed E-state index contributed by atoms with van der Waals surface area (Å²) in [5.74, 6) is -0.221. The number of halogens is 1. The highest BCUT2D eigenvalue weighted by molar-refractivity contribution is 7.21. The van der Waals surface area contributed by atoms with Gasteiger partial charge in [0.1, 0.15) is 21.2 Å². The van der Waals surface area contributed by atoms with Gasteiger partial charge in [0.2, 0.25) is 0 Å². The fourth-order valence-corrected chi connectivity index (χ4v) is 4.83. The van der Waals surface area contributed by atoms with Crippen LogP contribution in [0.3, 0.4) is 0 Å². The lowest BCUT2D eigenvalue weighted by molar-refractivity contribution is 0.629. The van der Waals surface area contributed by atoms with Crippen molar-refractivity contribution in [3.63, 3.8) is 0 Å². The first-order chi connectivity index (χ1) is 13.7. The molecule has 2 aromatic carbocycles. The first-order valence-corrected chi connectivity index (χ1v) is 10.4. The number of thiazole rings is 1. The summed E-state index contributed by atoms with van der Waals surface area (Å²) < 4.78 is 14.6. The molecule has 0 amide bonds. The van der Waals surface area contributed by atoms with E-state index in [0.717, 1.165) is 40.9 Å². The molecular weight excluding hydrogens is 367 g/mol. The highest BCUT2D eigenvalue weighted by atomic mass is 32.1. The highest BCUT2D eigenvalue weighted by Gasteiger charge is 2.47. The molecule has 0 atom stereocenters. The van der Waals surface area contributed by atoms with Crippen molar-refractivity contribution < 1.29 is 4.39 Å². The van der Waals surface area contributed by atoms with Gasteiger partial charge in [-0.1, -0.05) is 54.7 Å². The molecule has 139 valence electrons. The third-order valence-corrected chi connectivity index (χ3v) is 6.52. The number of pyridine rings is 1. The first kappa shape index (κ1) is 17.5. The number of aromatic nitrogens is 2. The van der Waals surface area contributed by atoms with E-state index >= 15 is 0 Å². The molecule has 4 aromatic rings. The van der Waals surface area contributed by atoms with Gasteiger partial charge >= 0.3 is 0 Å². The molecule has 1 fully saturated rings. The van der Waals surface area contributed by atoms with Gasteiger partial charge in [-0.2, -0.15) is 0 Å². The number of hydrogen-bond donors (Lipinski definition) is 0. The van der Waals surface area contributed by atoms with Crippen molar-refractivity contribution in [1.82, 2.24) is 9.97 Å². The molecule has 0 saturated heterocycles. The second-order valence-electron chi connectivity index (χ2n) is 7.41. The normalized spacial score (nSPS) is 15.1. The van der Waals surface area contributed by atoms with E-state index in [-0.39, 0.29) is 11.2 Å². The van der Waals surface area contributed by atoms with Gasteiger partial charge in [-0.15, -0.1) is 0 Å². The molecule has 2 aromatic heterocycles. The quantitative estimate of drug-likeness (QED) is 0.399. The summed E-state index contributed by atoms with van der Waals surface area (Å²) in [7, 11) is 0. The van der Waals surface area contributed by atoms with Crippen molar-refractivity contribution in [3.05, 3.63) is 89.7 Å². The Bertz CT molecular complexity index is 1150. The van der Waals surface area contributed by atoms with E-state index in [1.165, 1.54) is 16.9 Å². The van der Waals surface area contributed by atoms with Gasteiger partial charge in [0.15, 0.2) is 0 Å². The Hall–Kier alpha value is -2.59. The van der Waals surface area contributed by atoms with Gasteiger partial charge < -0.3 is 0 Å². The third kappa shape index (κ3) is 2.92. The largest absolute Gasteiger partial charge is 0.239 e. The van der Waals surface area contributed by atoms with Gasteiger partial charge in [0.05, 0.1) is 5.69 Å². The number of hydrogen-bond acceptors (Lipinski definition) is 3. The Morgan fingerprint density at radius 1 is 1.04 bits per heavy atom. The molecule has 5 rings (SSSR count). The van der Waals surface area contributed by atoms with E-state index < -0.39 is 0 Å². The van der Waals surface area contributed by atoms with E-state index in [9.17, 15) is 4.39 Å². The molecule has 0 spiro atoms. The molecule has 0 bridgehead atoms. The molecule has 1 radical (unpaired) electrons. The Balaban J connectivity index is 1.53. The van der Waals surface area contributed by atoms with Crippen LogP contribution in [0.5, 0.6) is 0 Å². The van der Waals surface area contributed by atoms with Crippen LogP contribution in [0.2, 0.25) is 0 Å². The van der Waals surface area contributed by atoms with Crippen LogP contribution in [0, 0.1) is 12.2 Å². The lowest BCUT2D eigenvalue weighted by atomic mass is 9.92. The van der Waals surface area contributed by atoms with E-state index in [1.54, 1.807) is 6.07 Å². The average Bonchev–Trinajstić information content (AvgIpc) is 3.42. The zero-order valence-electron chi connectivity index (χ0n) is 15.7. The summed E-state index contributed by atoms with van der Waals surface area (Å²) in [5.41, 5.74) is 4.80. The van der Waals surface area contributed by atoms with Crippen molar-refractivity contribution in [2.75, 3.05) is 0 Å². The Labute approximate surface area is 168 Å². The Kier molecular flexibility index (Phi) is 4.24. The predicted octanol–water partition coefficient (Wildman–Crippen LogP) is 6.34. The van der Waals surface area contributed by atoms with Crippen molar-refractivity contribution in [1.29, 1.82) is 0 Å². The van der Waals surface area contributed by atoms with Crippen LogP contribution in [-0.4, -0.2) is 9.97 Å². The molecule has 1 aliphatic carbocycles. The van der Waals surface area contributed by atoms with Crippen molar-refractivity contribution >= 4 is 21.7 Å². The molecular formula is C24H20FN2S. The van der Waals surface area contributed by atoms with Crippen molar-refractivity contribution in [2.24, 2.45) is 0 Å². The summed E-state index contributed by atoms with van der Waals surface area (Å²) >= 11 is 1.47. The molecule has 28 heavy (non-hydrogen) atoms. The van der Waals surface area contributed by atoms with Gasteiger partial charge in [0.25, 0.3) is 0 Å². The van der Waals surface area contributed by atoms with E-state index in [1.807, 2.05) is 37.6 Å². The predicted molar refractivity (Wildman–Crippen MR) is 113 cm³/mol. The average molecular weight is 388 g/mol. The Morgan fingerprint density at radius 2 is 1.86 bits per heavy atom. The fraction of sp³-hybridized carbons (Fsp3) is 0.208. The number of rotatable bonds is 5. The van der Waals surface area contributed by atoms with Crippen LogP contribution in [-0.2, 0) is 11.8 Å². The minimum Gasteiger partial charge on any atom is -0.239 e. The second kappa shape index (κ2) is 6.78. The molecule has 0 unspecified atom stereocenters. The minimum atomic E-state index is -0.221.